The molecule has 2 aromatic rings. The Balaban J connectivity index is 2.13. The highest BCUT2D eigenvalue weighted by Gasteiger charge is 2.14. The number of hydrogen-bond acceptors (Lipinski definition) is 4. The first-order valence-corrected chi connectivity index (χ1v) is 5.66. The van der Waals surface area contributed by atoms with Crippen molar-refractivity contribution in [2.75, 3.05) is 0 Å². The highest BCUT2D eigenvalue weighted by Crippen LogP contribution is 2.21. The number of nitriles is 1. The number of ether oxygens (including phenoxy) is 1. The molecule has 0 aliphatic rings. The van der Waals surface area contributed by atoms with Gasteiger partial charge in [-0.1, -0.05) is 0 Å². The smallest absolute Gasteiger partial charge is 0.371 e. The third-order valence-corrected chi connectivity index (χ3v) is 2.68. The molecule has 0 aliphatic carbocycles. The van der Waals surface area contributed by atoms with E-state index in [1.54, 1.807) is 6.92 Å². The van der Waals surface area contributed by atoms with Gasteiger partial charge in [0.15, 0.2) is 11.6 Å². The van der Waals surface area contributed by atoms with Crippen molar-refractivity contribution in [1.29, 1.82) is 5.26 Å². The fraction of sp³-hybridized carbons (Fsp3) is 0.143. The Hall–Kier alpha value is -2.81. The first-order valence-electron chi connectivity index (χ1n) is 5.66. The van der Waals surface area contributed by atoms with Gasteiger partial charge in [0.25, 0.3) is 0 Å². The first kappa shape index (κ1) is 13.6. The molecule has 102 valence electrons. The Morgan fingerprint density at radius 3 is 2.80 bits per heavy atom. The number of hydrogen-bond donors (Lipinski definition) is 1. The molecule has 0 aliphatic heterocycles. The summed E-state index contributed by atoms with van der Waals surface area (Å²) in [6, 6.07) is 7.00. The molecule has 1 aromatic carbocycles. The summed E-state index contributed by atoms with van der Waals surface area (Å²) < 4.78 is 23.9. The molecule has 1 heterocycles. The predicted octanol–water partition coefficient (Wildman–Crippen LogP) is 2.88. The van der Waals surface area contributed by atoms with Crippen molar-refractivity contribution in [3.8, 4) is 11.8 Å². The molecule has 1 N–H and O–H groups in total. The van der Waals surface area contributed by atoms with Crippen molar-refractivity contribution >= 4 is 5.97 Å². The van der Waals surface area contributed by atoms with Crippen molar-refractivity contribution in [3.63, 3.8) is 0 Å². The van der Waals surface area contributed by atoms with Crippen LogP contribution in [0.5, 0.6) is 5.75 Å². The van der Waals surface area contributed by atoms with Crippen LogP contribution in [0.25, 0.3) is 0 Å². The number of aryl methyl sites for hydroxylation is 1. The second kappa shape index (κ2) is 5.45. The number of halogens is 1. The van der Waals surface area contributed by atoms with Crippen LogP contribution in [0, 0.1) is 24.1 Å². The first-order chi connectivity index (χ1) is 9.51. The molecule has 6 heteroatoms. The van der Waals surface area contributed by atoms with E-state index in [9.17, 15) is 9.18 Å². The zero-order chi connectivity index (χ0) is 14.7. The van der Waals surface area contributed by atoms with Crippen LogP contribution in [-0.4, -0.2) is 11.1 Å². The maximum atomic E-state index is 13.6. The predicted molar refractivity (Wildman–Crippen MR) is 65.9 cm³/mol. The lowest BCUT2D eigenvalue weighted by Crippen LogP contribution is -1.98. The van der Waals surface area contributed by atoms with Crippen molar-refractivity contribution < 1.29 is 23.4 Å². The minimum Gasteiger partial charge on any atom is -0.486 e. The molecule has 0 fully saturated rings. The van der Waals surface area contributed by atoms with Gasteiger partial charge in [0, 0.05) is 5.56 Å². The van der Waals surface area contributed by atoms with Crippen LogP contribution in [0.4, 0.5) is 4.39 Å². The van der Waals surface area contributed by atoms with Gasteiger partial charge >= 0.3 is 5.97 Å². The number of nitrogens with zero attached hydrogens (tertiary/aromatic N) is 1. The lowest BCUT2D eigenvalue weighted by Gasteiger charge is -2.06. The third kappa shape index (κ3) is 2.78. The molecule has 20 heavy (non-hydrogen) atoms. The van der Waals surface area contributed by atoms with E-state index in [2.05, 4.69) is 0 Å². The number of benzene rings is 1. The Morgan fingerprint density at radius 1 is 1.50 bits per heavy atom. The summed E-state index contributed by atoms with van der Waals surface area (Å²) in [4.78, 5) is 10.7. The van der Waals surface area contributed by atoms with E-state index >= 15 is 0 Å². The number of rotatable bonds is 4. The van der Waals surface area contributed by atoms with Crippen molar-refractivity contribution in [1.82, 2.24) is 0 Å². The second-order valence-corrected chi connectivity index (χ2v) is 4.04. The summed E-state index contributed by atoms with van der Waals surface area (Å²) in [5.74, 6) is -1.63. The van der Waals surface area contributed by atoms with Gasteiger partial charge in [0.1, 0.15) is 12.4 Å². The molecule has 0 spiro atoms. The number of aromatic carboxylic acids is 1. The Bertz CT molecular complexity index is 700. The normalized spacial score (nSPS) is 10.1. The van der Waals surface area contributed by atoms with Gasteiger partial charge in [0.2, 0.25) is 5.76 Å². The summed E-state index contributed by atoms with van der Waals surface area (Å²) in [6.07, 6.45) is 0. The number of carbonyl (C=O) groups is 1. The highest BCUT2D eigenvalue weighted by atomic mass is 19.1. The molecule has 0 unspecified atom stereocenters. The van der Waals surface area contributed by atoms with Crippen LogP contribution >= 0.6 is 0 Å². The van der Waals surface area contributed by atoms with Crippen LogP contribution in [0.15, 0.2) is 28.7 Å². The molecular formula is C14H10FNO4. The van der Waals surface area contributed by atoms with Crippen LogP contribution in [-0.2, 0) is 6.61 Å². The van der Waals surface area contributed by atoms with Crippen LogP contribution < -0.4 is 4.74 Å². The Morgan fingerprint density at radius 2 is 2.25 bits per heavy atom. The average Bonchev–Trinajstić information content (AvgIpc) is 2.79. The quantitative estimate of drug-likeness (QED) is 0.927. The monoisotopic (exact) mass is 275 g/mol. The minimum atomic E-state index is -1.18. The molecule has 1 aromatic heterocycles. The molecule has 0 saturated heterocycles. The zero-order valence-electron chi connectivity index (χ0n) is 10.5. The van der Waals surface area contributed by atoms with Gasteiger partial charge in [-0.25, -0.2) is 9.18 Å². The van der Waals surface area contributed by atoms with Crippen molar-refractivity contribution in [3.05, 3.63) is 52.7 Å². The Labute approximate surface area is 113 Å². The maximum Gasteiger partial charge on any atom is 0.371 e. The van der Waals surface area contributed by atoms with E-state index in [0.29, 0.717) is 11.3 Å². The standard InChI is InChI=1S/C14H10FNO4/c1-8-10(5-13(20-8)14(17)18)7-19-12-3-2-9(6-16)4-11(12)15/h2-5H,7H2,1H3,(H,17,18). The van der Waals surface area contributed by atoms with E-state index in [0.717, 1.165) is 6.07 Å². The maximum absolute atomic E-state index is 13.6. The molecule has 5 nitrogen and oxygen atoms in total. The molecule has 0 radical (unpaired) electrons. The molecule has 0 atom stereocenters. The highest BCUT2D eigenvalue weighted by molar-refractivity contribution is 5.84. The average molecular weight is 275 g/mol. The summed E-state index contributed by atoms with van der Waals surface area (Å²) in [7, 11) is 0. The van der Waals surface area contributed by atoms with E-state index in [-0.39, 0.29) is 23.7 Å². The van der Waals surface area contributed by atoms with Gasteiger partial charge in [-0.2, -0.15) is 5.26 Å². The van der Waals surface area contributed by atoms with Gasteiger partial charge in [-0.05, 0) is 31.2 Å². The van der Waals surface area contributed by atoms with E-state index in [1.807, 2.05) is 6.07 Å². The zero-order valence-corrected chi connectivity index (χ0v) is 10.5. The number of carboxylic acids is 1. The molecule has 0 amide bonds. The van der Waals surface area contributed by atoms with Crippen LogP contribution in [0.3, 0.4) is 0 Å². The molecule has 0 bridgehead atoms. The van der Waals surface area contributed by atoms with Crippen LogP contribution in [0.1, 0.15) is 27.4 Å². The summed E-state index contributed by atoms with van der Waals surface area (Å²) in [5, 5.41) is 17.4. The number of furan rings is 1. The minimum absolute atomic E-state index is 0.0125. The second-order valence-electron chi connectivity index (χ2n) is 4.04. The molecule has 0 saturated carbocycles. The SMILES string of the molecule is Cc1oc(C(=O)O)cc1COc1ccc(C#N)cc1F. The van der Waals surface area contributed by atoms with Crippen LogP contribution in [0.2, 0.25) is 0 Å². The Kier molecular flexibility index (Phi) is 3.71. The van der Waals surface area contributed by atoms with E-state index in [1.165, 1.54) is 18.2 Å². The van der Waals surface area contributed by atoms with Gasteiger partial charge in [0.05, 0.1) is 11.6 Å². The summed E-state index contributed by atoms with van der Waals surface area (Å²) in [5.41, 5.74) is 0.716. The van der Waals surface area contributed by atoms with Gasteiger partial charge in [-0.3, -0.25) is 0 Å². The van der Waals surface area contributed by atoms with E-state index in [4.69, 9.17) is 19.5 Å². The largest absolute Gasteiger partial charge is 0.486 e. The fourth-order valence-corrected chi connectivity index (χ4v) is 1.61. The number of carboxylic acid groups (broad SMARTS) is 1. The topological polar surface area (TPSA) is 83.5 Å². The lowest BCUT2D eigenvalue weighted by atomic mass is 10.2. The summed E-state index contributed by atoms with van der Waals surface area (Å²) >= 11 is 0. The van der Waals surface area contributed by atoms with Crippen molar-refractivity contribution in [2.45, 2.75) is 13.5 Å². The van der Waals surface area contributed by atoms with Gasteiger partial charge < -0.3 is 14.3 Å². The van der Waals surface area contributed by atoms with Crippen molar-refractivity contribution in [2.24, 2.45) is 0 Å². The lowest BCUT2D eigenvalue weighted by molar-refractivity contribution is 0.0661. The van der Waals surface area contributed by atoms with Gasteiger partial charge in [-0.15, -0.1) is 0 Å². The molecular weight excluding hydrogens is 265 g/mol. The fourth-order valence-electron chi connectivity index (χ4n) is 1.61. The molecule has 2 rings (SSSR count). The summed E-state index contributed by atoms with van der Waals surface area (Å²) in [6.45, 7) is 1.58. The third-order valence-electron chi connectivity index (χ3n) is 2.68. The van der Waals surface area contributed by atoms with E-state index < -0.39 is 11.8 Å².